The number of nitrogens with zero attached hydrogens (tertiary/aromatic N) is 1. The number of benzene rings is 2. The molecule has 1 heterocycles. The van der Waals surface area contributed by atoms with Gasteiger partial charge in [0.05, 0.1) is 6.42 Å². The molecular formula is C21H17ClN2O2. The highest BCUT2D eigenvalue weighted by Gasteiger charge is 2.11. The summed E-state index contributed by atoms with van der Waals surface area (Å²) in [5, 5.41) is 3.51. The van der Waals surface area contributed by atoms with E-state index in [4.69, 9.17) is 11.6 Å². The maximum Gasteiger partial charge on any atom is 0.251 e. The summed E-state index contributed by atoms with van der Waals surface area (Å²) in [5.41, 5.74) is 2.63. The van der Waals surface area contributed by atoms with E-state index in [1.54, 1.807) is 42.6 Å². The first-order chi connectivity index (χ1) is 12.6. The zero-order valence-electron chi connectivity index (χ0n) is 14.0. The molecule has 0 aliphatic carbocycles. The zero-order chi connectivity index (χ0) is 18.4. The Labute approximate surface area is 156 Å². The van der Waals surface area contributed by atoms with Gasteiger partial charge in [0, 0.05) is 34.6 Å². The Bertz CT molecular complexity index is 909. The Hall–Kier alpha value is -2.98. The molecule has 0 bridgehead atoms. The maximum atomic E-state index is 12.3. The minimum Gasteiger partial charge on any atom is -0.348 e. The zero-order valence-corrected chi connectivity index (χ0v) is 14.7. The fourth-order valence-corrected chi connectivity index (χ4v) is 2.62. The van der Waals surface area contributed by atoms with Crippen LogP contribution in [0.1, 0.15) is 32.0 Å². The van der Waals surface area contributed by atoms with Crippen molar-refractivity contribution in [2.75, 3.05) is 0 Å². The first-order valence-corrected chi connectivity index (χ1v) is 8.55. The number of nitrogens with one attached hydrogen (secondary N) is 1. The van der Waals surface area contributed by atoms with Crippen LogP contribution in [-0.2, 0) is 13.0 Å². The number of hydrogen-bond donors (Lipinski definition) is 1. The molecule has 0 saturated heterocycles. The predicted molar refractivity (Wildman–Crippen MR) is 101 cm³/mol. The third-order valence-electron chi connectivity index (χ3n) is 3.88. The van der Waals surface area contributed by atoms with Crippen LogP contribution >= 0.6 is 11.6 Å². The Morgan fingerprint density at radius 2 is 1.65 bits per heavy atom. The molecular weight excluding hydrogens is 348 g/mol. The van der Waals surface area contributed by atoms with Crippen molar-refractivity contribution < 1.29 is 9.59 Å². The maximum absolute atomic E-state index is 12.3. The quantitative estimate of drug-likeness (QED) is 0.670. The monoisotopic (exact) mass is 364 g/mol. The third-order valence-corrected chi connectivity index (χ3v) is 4.13. The molecule has 1 amide bonds. The Kier molecular flexibility index (Phi) is 5.77. The van der Waals surface area contributed by atoms with Crippen LogP contribution in [0.25, 0.3) is 0 Å². The van der Waals surface area contributed by atoms with Crippen molar-refractivity contribution in [3.05, 3.63) is 100 Å². The molecule has 3 aromatic rings. The second-order valence-corrected chi connectivity index (χ2v) is 6.25. The molecule has 1 N–H and O–H groups in total. The summed E-state index contributed by atoms with van der Waals surface area (Å²) < 4.78 is 0. The van der Waals surface area contributed by atoms with E-state index < -0.39 is 0 Å². The van der Waals surface area contributed by atoms with Crippen LogP contribution in [0.15, 0.2) is 72.9 Å². The largest absolute Gasteiger partial charge is 0.348 e. The first-order valence-electron chi connectivity index (χ1n) is 8.17. The summed E-state index contributed by atoms with van der Waals surface area (Å²) in [6.45, 7) is 0.399. The highest BCUT2D eigenvalue weighted by atomic mass is 35.5. The lowest BCUT2D eigenvalue weighted by molar-refractivity contribution is 0.0947. The Morgan fingerprint density at radius 1 is 0.923 bits per heavy atom. The van der Waals surface area contributed by atoms with Crippen molar-refractivity contribution in [2.24, 2.45) is 0 Å². The number of carbonyl (C=O) groups is 2. The van der Waals surface area contributed by atoms with Gasteiger partial charge in [0.1, 0.15) is 0 Å². The molecule has 0 atom stereocenters. The normalized spacial score (nSPS) is 10.3. The van der Waals surface area contributed by atoms with E-state index in [0.29, 0.717) is 28.4 Å². The van der Waals surface area contributed by atoms with Gasteiger partial charge in [-0.3, -0.25) is 14.6 Å². The van der Waals surface area contributed by atoms with Gasteiger partial charge in [-0.25, -0.2) is 0 Å². The minimum absolute atomic E-state index is 0.0307. The van der Waals surface area contributed by atoms with Gasteiger partial charge in [-0.05, 0) is 29.8 Å². The van der Waals surface area contributed by atoms with Crippen LogP contribution in [-0.4, -0.2) is 16.7 Å². The fraction of sp³-hybridized carbons (Fsp3) is 0.0952. The molecule has 2 aromatic carbocycles. The van der Waals surface area contributed by atoms with Crippen molar-refractivity contribution in [3.8, 4) is 0 Å². The van der Waals surface area contributed by atoms with Crippen LogP contribution in [0, 0.1) is 0 Å². The second kappa shape index (κ2) is 8.41. The highest BCUT2D eigenvalue weighted by molar-refractivity contribution is 6.30. The predicted octanol–water partition coefficient (Wildman–Crippen LogP) is 4.09. The van der Waals surface area contributed by atoms with Crippen molar-refractivity contribution in [2.45, 2.75) is 13.0 Å². The molecule has 0 saturated carbocycles. The molecule has 130 valence electrons. The molecule has 0 unspecified atom stereocenters. The number of aromatic nitrogens is 1. The summed E-state index contributed by atoms with van der Waals surface area (Å²) in [6.07, 6.45) is 1.70. The van der Waals surface area contributed by atoms with Crippen LogP contribution in [0.2, 0.25) is 5.02 Å². The van der Waals surface area contributed by atoms with E-state index in [1.165, 1.54) is 0 Å². The molecule has 0 aliphatic rings. The van der Waals surface area contributed by atoms with Gasteiger partial charge < -0.3 is 5.32 Å². The molecule has 0 aliphatic heterocycles. The summed E-state index contributed by atoms with van der Waals surface area (Å²) in [5.74, 6) is -0.243. The number of amides is 1. The molecule has 4 nitrogen and oxygen atoms in total. The third kappa shape index (κ3) is 4.77. The number of Topliss-reactive ketones (excluding diaryl/α,β-unsaturated/α-hetero) is 1. The molecule has 0 radical (unpaired) electrons. The van der Waals surface area contributed by atoms with Gasteiger partial charge >= 0.3 is 0 Å². The average molecular weight is 365 g/mol. The molecule has 0 spiro atoms. The SMILES string of the molecule is O=C(Cc1cc(C(=O)NCc2ccc(Cl)cc2)ccn1)c1ccccc1. The second-order valence-electron chi connectivity index (χ2n) is 5.81. The molecule has 1 aromatic heterocycles. The summed E-state index contributed by atoms with van der Waals surface area (Å²) >= 11 is 5.85. The number of carbonyl (C=O) groups excluding carboxylic acids is 2. The Balaban J connectivity index is 1.63. The van der Waals surface area contributed by atoms with Crippen LogP contribution in [0.5, 0.6) is 0 Å². The lowest BCUT2D eigenvalue weighted by atomic mass is 10.1. The van der Waals surface area contributed by atoms with Gasteiger partial charge in [-0.15, -0.1) is 0 Å². The van der Waals surface area contributed by atoms with E-state index in [-0.39, 0.29) is 18.1 Å². The summed E-state index contributed by atoms with van der Waals surface area (Å²) in [6, 6.07) is 19.6. The molecule has 0 fully saturated rings. The van der Waals surface area contributed by atoms with Gasteiger partial charge in [0.25, 0.3) is 5.91 Å². The van der Waals surface area contributed by atoms with E-state index >= 15 is 0 Å². The topological polar surface area (TPSA) is 59.1 Å². The smallest absolute Gasteiger partial charge is 0.251 e. The first kappa shape index (κ1) is 17.8. The number of rotatable bonds is 6. The minimum atomic E-state index is -0.212. The van der Waals surface area contributed by atoms with E-state index in [2.05, 4.69) is 10.3 Å². The van der Waals surface area contributed by atoms with Crippen LogP contribution in [0.4, 0.5) is 0 Å². The van der Waals surface area contributed by atoms with Crippen molar-refractivity contribution in [1.29, 1.82) is 0 Å². The summed E-state index contributed by atoms with van der Waals surface area (Å²) in [7, 11) is 0. The highest BCUT2D eigenvalue weighted by Crippen LogP contribution is 2.10. The van der Waals surface area contributed by atoms with E-state index in [9.17, 15) is 9.59 Å². The number of halogens is 1. The lowest BCUT2D eigenvalue weighted by Gasteiger charge is -2.07. The number of hydrogen-bond acceptors (Lipinski definition) is 3. The van der Waals surface area contributed by atoms with Crippen LogP contribution < -0.4 is 5.32 Å². The summed E-state index contributed by atoms with van der Waals surface area (Å²) in [4.78, 5) is 28.8. The van der Waals surface area contributed by atoms with Crippen molar-refractivity contribution in [3.63, 3.8) is 0 Å². The Morgan fingerprint density at radius 3 is 2.38 bits per heavy atom. The van der Waals surface area contributed by atoms with Crippen molar-refractivity contribution >= 4 is 23.3 Å². The van der Waals surface area contributed by atoms with Crippen LogP contribution in [0.3, 0.4) is 0 Å². The average Bonchev–Trinajstić information content (AvgIpc) is 2.68. The number of ketones is 1. The standard InChI is InChI=1S/C21H17ClN2O2/c22-18-8-6-15(7-9-18)14-24-21(26)17-10-11-23-19(12-17)13-20(25)16-4-2-1-3-5-16/h1-12H,13-14H2,(H,24,26). The van der Waals surface area contributed by atoms with Gasteiger partial charge in [-0.1, -0.05) is 54.1 Å². The van der Waals surface area contributed by atoms with Gasteiger partial charge in [-0.2, -0.15) is 0 Å². The van der Waals surface area contributed by atoms with Gasteiger partial charge in [0.2, 0.25) is 0 Å². The lowest BCUT2D eigenvalue weighted by Crippen LogP contribution is -2.23. The molecule has 26 heavy (non-hydrogen) atoms. The van der Waals surface area contributed by atoms with Gasteiger partial charge in [0.15, 0.2) is 5.78 Å². The fourth-order valence-electron chi connectivity index (χ4n) is 2.49. The number of pyridine rings is 1. The molecule has 5 heteroatoms. The van der Waals surface area contributed by atoms with E-state index in [1.807, 2.05) is 30.3 Å². The van der Waals surface area contributed by atoms with Crippen molar-refractivity contribution in [1.82, 2.24) is 10.3 Å². The van der Waals surface area contributed by atoms with E-state index in [0.717, 1.165) is 5.56 Å². The molecule has 3 rings (SSSR count).